The van der Waals surface area contributed by atoms with E-state index in [4.69, 9.17) is 14.2 Å². The fourth-order valence-corrected chi connectivity index (χ4v) is 2.78. The van der Waals surface area contributed by atoms with Gasteiger partial charge in [-0.25, -0.2) is 5.43 Å². The third-order valence-corrected chi connectivity index (χ3v) is 4.21. The van der Waals surface area contributed by atoms with Gasteiger partial charge in [0.05, 0.1) is 33.1 Å². The zero-order chi connectivity index (χ0) is 20.1. The Morgan fingerprint density at radius 3 is 2.18 bits per heavy atom. The molecule has 2 N–H and O–H groups in total. The lowest BCUT2D eigenvalue weighted by Gasteiger charge is -2.11. The van der Waals surface area contributed by atoms with Crippen LogP contribution in [-0.2, 0) is 0 Å². The number of phenols is 1. The summed E-state index contributed by atoms with van der Waals surface area (Å²) in [5.41, 5.74) is 3.13. The van der Waals surface area contributed by atoms with E-state index in [2.05, 4.69) is 10.5 Å². The number of nitrogens with one attached hydrogen (secondary N) is 1. The van der Waals surface area contributed by atoms with Gasteiger partial charge in [0.25, 0.3) is 5.91 Å². The van der Waals surface area contributed by atoms with Crippen molar-refractivity contribution in [3.63, 3.8) is 0 Å². The Labute approximate surface area is 162 Å². The lowest BCUT2D eigenvalue weighted by atomic mass is 10.1. The SMILES string of the molecule is COc1cc(OC)c(OC)cc1/C=N\NC(=O)c1cc2ccccc2cc1O. The maximum Gasteiger partial charge on any atom is 0.275 e. The van der Waals surface area contributed by atoms with E-state index in [1.807, 2.05) is 24.3 Å². The minimum atomic E-state index is -0.529. The van der Waals surface area contributed by atoms with Crippen LogP contribution in [0.15, 0.2) is 53.6 Å². The molecule has 1 amide bonds. The average Bonchev–Trinajstić information content (AvgIpc) is 2.72. The van der Waals surface area contributed by atoms with Crippen LogP contribution in [0.3, 0.4) is 0 Å². The standard InChI is InChI=1S/C21H20N2O5/c1-26-18-11-20(28-3)19(27-2)10-15(18)12-22-23-21(25)16-8-13-6-4-5-7-14(13)9-17(16)24/h4-12,24H,1-3H3,(H,23,25)/b22-12-. The Balaban J connectivity index is 1.83. The van der Waals surface area contributed by atoms with Crippen molar-refractivity contribution in [2.75, 3.05) is 21.3 Å². The summed E-state index contributed by atoms with van der Waals surface area (Å²) in [6, 6.07) is 14.0. The quantitative estimate of drug-likeness (QED) is 0.506. The summed E-state index contributed by atoms with van der Waals surface area (Å²) in [5, 5.41) is 15.8. The summed E-state index contributed by atoms with van der Waals surface area (Å²) in [5.74, 6) is 0.878. The number of methoxy groups -OCH3 is 3. The molecule has 0 aliphatic rings. The summed E-state index contributed by atoms with van der Waals surface area (Å²) in [6.07, 6.45) is 1.43. The van der Waals surface area contributed by atoms with Crippen molar-refractivity contribution in [1.82, 2.24) is 5.43 Å². The number of amides is 1. The van der Waals surface area contributed by atoms with E-state index in [-0.39, 0.29) is 11.3 Å². The van der Waals surface area contributed by atoms with Gasteiger partial charge < -0.3 is 19.3 Å². The highest BCUT2D eigenvalue weighted by atomic mass is 16.5. The molecule has 7 heteroatoms. The molecule has 0 saturated heterocycles. The summed E-state index contributed by atoms with van der Waals surface area (Å²) in [7, 11) is 4.57. The van der Waals surface area contributed by atoms with Gasteiger partial charge in [0, 0.05) is 11.6 Å². The number of benzene rings is 3. The molecule has 0 fully saturated rings. The smallest absolute Gasteiger partial charge is 0.275 e. The van der Waals surface area contributed by atoms with E-state index in [0.717, 1.165) is 10.8 Å². The maximum absolute atomic E-state index is 12.4. The van der Waals surface area contributed by atoms with Crippen molar-refractivity contribution in [3.8, 4) is 23.0 Å². The second kappa shape index (κ2) is 8.30. The topological polar surface area (TPSA) is 89.4 Å². The first-order valence-electron chi connectivity index (χ1n) is 8.42. The van der Waals surface area contributed by atoms with Gasteiger partial charge >= 0.3 is 0 Å². The van der Waals surface area contributed by atoms with E-state index < -0.39 is 5.91 Å². The zero-order valence-electron chi connectivity index (χ0n) is 15.7. The summed E-state index contributed by atoms with van der Waals surface area (Å²) >= 11 is 0. The van der Waals surface area contributed by atoms with Gasteiger partial charge in [-0.05, 0) is 29.0 Å². The summed E-state index contributed by atoms with van der Waals surface area (Å²) in [4.78, 5) is 12.4. The fraction of sp³-hybridized carbons (Fsp3) is 0.143. The number of fused-ring (bicyclic) bond motifs is 1. The number of carbonyl (C=O) groups excluding carboxylic acids is 1. The van der Waals surface area contributed by atoms with E-state index in [1.54, 1.807) is 24.3 Å². The molecule has 0 unspecified atom stereocenters. The molecule has 0 heterocycles. The van der Waals surface area contributed by atoms with Crippen LogP contribution < -0.4 is 19.6 Å². The zero-order valence-corrected chi connectivity index (χ0v) is 15.7. The van der Waals surface area contributed by atoms with Gasteiger partial charge in [-0.15, -0.1) is 0 Å². The first-order valence-corrected chi connectivity index (χ1v) is 8.42. The van der Waals surface area contributed by atoms with E-state index >= 15 is 0 Å². The molecule has 144 valence electrons. The van der Waals surface area contributed by atoms with Crippen molar-refractivity contribution < 1.29 is 24.1 Å². The number of hydrogen-bond acceptors (Lipinski definition) is 6. The molecular formula is C21H20N2O5. The minimum absolute atomic E-state index is 0.116. The second-order valence-electron chi connectivity index (χ2n) is 5.86. The minimum Gasteiger partial charge on any atom is -0.507 e. The third kappa shape index (κ3) is 3.83. The van der Waals surface area contributed by atoms with Gasteiger partial charge in [0.15, 0.2) is 11.5 Å². The Hall–Kier alpha value is -3.74. The van der Waals surface area contributed by atoms with Gasteiger partial charge in [-0.1, -0.05) is 24.3 Å². The summed E-state index contributed by atoms with van der Waals surface area (Å²) in [6.45, 7) is 0. The molecule has 7 nitrogen and oxygen atoms in total. The van der Waals surface area contributed by atoms with Crippen LogP contribution in [0.5, 0.6) is 23.0 Å². The third-order valence-electron chi connectivity index (χ3n) is 4.21. The molecule has 0 bridgehead atoms. The molecule has 3 aromatic carbocycles. The average molecular weight is 380 g/mol. The molecule has 0 atom stereocenters. The number of phenolic OH excluding ortho intramolecular Hbond substituents is 1. The summed E-state index contributed by atoms with van der Waals surface area (Å²) < 4.78 is 15.8. The second-order valence-corrected chi connectivity index (χ2v) is 5.86. The lowest BCUT2D eigenvalue weighted by Crippen LogP contribution is -2.17. The van der Waals surface area contributed by atoms with E-state index in [9.17, 15) is 9.90 Å². The largest absolute Gasteiger partial charge is 0.507 e. The molecule has 0 spiro atoms. The molecule has 28 heavy (non-hydrogen) atoms. The Morgan fingerprint density at radius 2 is 1.54 bits per heavy atom. The van der Waals surface area contributed by atoms with Crippen molar-refractivity contribution in [2.24, 2.45) is 5.10 Å². The number of ether oxygens (including phenoxy) is 3. The van der Waals surface area contributed by atoms with Crippen molar-refractivity contribution in [2.45, 2.75) is 0 Å². The number of hydrogen-bond donors (Lipinski definition) is 2. The molecule has 0 aliphatic heterocycles. The predicted octanol–water partition coefficient (Wildman–Crippen LogP) is 3.34. The first-order chi connectivity index (χ1) is 13.6. The lowest BCUT2D eigenvalue weighted by molar-refractivity contribution is 0.0952. The Morgan fingerprint density at radius 1 is 0.929 bits per heavy atom. The van der Waals surface area contributed by atoms with Crippen LogP contribution in [0.1, 0.15) is 15.9 Å². The van der Waals surface area contributed by atoms with Crippen LogP contribution in [0, 0.1) is 0 Å². The van der Waals surface area contributed by atoms with E-state index in [1.165, 1.54) is 27.5 Å². The molecule has 3 aromatic rings. The molecule has 0 radical (unpaired) electrons. The highest BCUT2D eigenvalue weighted by Gasteiger charge is 2.13. The molecule has 0 aliphatic carbocycles. The van der Waals surface area contributed by atoms with E-state index in [0.29, 0.717) is 22.8 Å². The highest BCUT2D eigenvalue weighted by molar-refractivity contribution is 6.01. The Bertz CT molecular complexity index is 1050. The van der Waals surface area contributed by atoms with Crippen LogP contribution >= 0.6 is 0 Å². The van der Waals surface area contributed by atoms with Crippen LogP contribution in [0.2, 0.25) is 0 Å². The number of aromatic hydroxyl groups is 1. The molecule has 0 aromatic heterocycles. The number of rotatable bonds is 6. The molecule has 3 rings (SSSR count). The first kappa shape index (κ1) is 19.0. The number of carbonyl (C=O) groups is 1. The molecule has 0 saturated carbocycles. The normalized spacial score (nSPS) is 10.8. The van der Waals surface area contributed by atoms with Gasteiger partial charge in [-0.3, -0.25) is 4.79 Å². The van der Waals surface area contributed by atoms with Gasteiger partial charge in [0.1, 0.15) is 11.5 Å². The van der Waals surface area contributed by atoms with Crippen LogP contribution in [0.25, 0.3) is 10.8 Å². The van der Waals surface area contributed by atoms with Crippen LogP contribution in [0.4, 0.5) is 0 Å². The number of hydrazone groups is 1. The molecular weight excluding hydrogens is 360 g/mol. The van der Waals surface area contributed by atoms with Crippen LogP contribution in [-0.4, -0.2) is 38.6 Å². The monoisotopic (exact) mass is 380 g/mol. The Kier molecular flexibility index (Phi) is 5.64. The highest BCUT2D eigenvalue weighted by Crippen LogP contribution is 2.33. The van der Waals surface area contributed by atoms with Gasteiger partial charge in [-0.2, -0.15) is 5.10 Å². The predicted molar refractivity (Wildman–Crippen MR) is 107 cm³/mol. The van der Waals surface area contributed by atoms with Crippen molar-refractivity contribution >= 4 is 22.9 Å². The van der Waals surface area contributed by atoms with Crippen molar-refractivity contribution in [3.05, 3.63) is 59.7 Å². The van der Waals surface area contributed by atoms with Gasteiger partial charge in [0.2, 0.25) is 0 Å². The van der Waals surface area contributed by atoms with Crippen molar-refractivity contribution in [1.29, 1.82) is 0 Å². The fourth-order valence-electron chi connectivity index (χ4n) is 2.78. The number of nitrogens with zero attached hydrogens (tertiary/aromatic N) is 1. The maximum atomic E-state index is 12.4.